The molecule has 0 aromatic heterocycles. The Labute approximate surface area is 221 Å². The van der Waals surface area contributed by atoms with Gasteiger partial charge in [-0.1, -0.05) is 44.9 Å². The Morgan fingerprint density at radius 3 is 2.70 bits per heavy atom. The Kier molecular flexibility index (Phi) is 5.11. The summed E-state index contributed by atoms with van der Waals surface area (Å²) in [5, 5.41) is 12.5. The van der Waals surface area contributed by atoms with Crippen LogP contribution in [0.2, 0.25) is 0 Å². The van der Waals surface area contributed by atoms with E-state index in [1.54, 1.807) is 0 Å². The fraction of sp³-hybridized carbons (Fsp3) is 0.839. The molecule has 6 heteroatoms. The summed E-state index contributed by atoms with van der Waals surface area (Å²) < 4.78 is 26.6. The van der Waals surface area contributed by atoms with Gasteiger partial charge in [-0.3, -0.25) is 4.79 Å². The highest BCUT2D eigenvalue weighted by Crippen LogP contribution is 2.80. The maximum absolute atomic E-state index is 14.4. The topological polar surface area (TPSA) is 74.2 Å². The van der Waals surface area contributed by atoms with Crippen LogP contribution in [0.15, 0.2) is 23.3 Å². The zero-order valence-corrected chi connectivity index (χ0v) is 23.2. The molecule has 3 saturated heterocycles. The molecule has 0 amide bonds. The van der Waals surface area contributed by atoms with Crippen LogP contribution >= 0.6 is 0 Å². The molecule has 6 nitrogen and oxygen atoms in total. The highest BCUT2D eigenvalue weighted by Gasteiger charge is 2.89. The number of aliphatic hydroxyl groups excluding tert-OH is 1. The first-order chi connectivity index (χ1) is 17.5. The van der Waals surface area contributed by atoms with E-state index in [0.29, 0.717) is 12.2 Å². The second kappa shape index (κ2) is 7.57. The van der Waals surface area contributed by atoms with Crippen LogP contribution in [0, 0.1) is 34.0 Å². The third kappa shape index (κ3) is 2.73. The molecular formula is C31H44O6. The number of Topliss-reactive ketones (excluding diaryl/α,β-unsaturated/α-hetero) is 1. The van der Waals surface area contributed by atoms with Crippen molar-refractivity contribution in [3.05, 3.63) is 23.3 Å². The van der Waals surface area contributed by atoms with E-state index < -0.39 is 28.5 Å². The summed E-state index contributed by atoms with van der Waals surface area (Å²) >= 11 is 0. The summed E-state index contributed by atoms with van der Waals surface area (Å²) in [5.74, 6) is -2.49. The molecule has 204 valence electrons. The second-order valence-corrected chi connectivity index (χ2v) is 14.3. The second-order valence-electron chi connectivity index (χ2n) is 14.3. The van der Waals surface area contributed by atoms with Gasteiger partial charge in [0.05, 0.1) is 18.8 Å². The molecule has 0 radical (unpaired) electrons. The van der Waals surface area contributed by atoms with Crippen LogP contribution in [-0.2, 0) is 23.7 Å². The zero-order chi connectivity index (χ0) is 26.2. The van der Waals surface area contributed by atoms with Crippen LogP contribution < -0.4 is 0 Å². The lowest BCUT2D eigenvalue weighted by molar-refractivity contribution is -0.525. The lowest BCUT2D eigenvalue weighted by Gasteiger charge is -2.77. The lowest BCUT2D eigenvalue weighted by Crippen LogP contribution is -2.87. The normalized spacial score (nSPS) is 50.5. The van der Waals surface area contributed by atoms with Crippen molar-refractivity contribution < 1.29 is 28.8 Å². The SMILES string of the molecule is C=C1C(=O)[C@@]23[C@@H]4OC(C)(C)OC25OC[C@]2(C6=C(CC[C@H](OCCCC)C6)CC(C)(C)[C@H]2[C@@H]5O)[C@@H]3CC[C@@H]14. The van der Waals surface area contributed by atoms with E-state index in [0.717, 1.165) is 58.0 Å². The maximum atomic E-state index is 14.4. The number of carbonyl (C=O) groups is 1. The summed E-state index contributed by atoms with van der Waals surface area (Å²) in [6, 6.07) is 0. The Morgan fingerprint density at radius 1 is 1.16 bits per heavy atom. The molecule has 37 heavy (non-hydrogen) atoms. The lowest BCUT2D eigenvalue weighted by atomic mass is 9.34. The van der Waals surface area contributed by atoms with Gasteiger partial charge in [0.25, 0.3) is 0 Å². The first-order valence-corrected chi connectivity index (χ1v) is 14.7. The van der Waals surface area contributed by atoms with Crippen molar-refractivity contribution in [2.45, 2.75) is 116 Å². The van der Waals surface area contributed by atoms with Gasteiger partial charge in [0, 0.05) is 23.9 Å². The van der Waals surface area contributed by atoms with Gasteiger partial charge in [0.1, 0.15) is 11.5 Å². The highest BCUT2D eigenvalue weighted by atomic mass is 16.8. The number of hydrogen-bond donors (Lipinski definition) is 1. The van der Waals surface area contributed by atoms with Crippen molar-refractivity contribution in [1.29, 1.82) is 0 Å². The fourth-order valence-corrected chi connectivity index (χ4v) is 10.7. The molecular weight excluding hydrogens is 468 g/mol. The van der Waals surface area contributed by atoms with Crippen LogP contribution in [0.4, 0.5) is 0 Å². The van der Waals surface area contributed by atoms with Gasteiger partial charge in [0.2, 0.25) is 5.79 Å². The van der Waals surface area contributed by atoms with Gasteiger partial charge in [-0.2, -0.15) is 0 Å². The Morgan fingerprint density at radius 2 is 1.95 bits per heavy atom. The van der Waals surface area contributed by atoms with Gasteiger partial charge < -0.3 is 24.1 Å². The molecule has 1 unspecified atom stereocenters. The summed E-state index contributed by atoms with van der Waals surface area (Å²) in [6.07, 6.45) is 6.78. The van der Waals surface area contributed by atoms with Gasteiger partial charge in [-0.15, -0.1) is 0 Å². The Hall–Kier alpha value is -1.05. The minimum absolute atomic E-state index is 0.00848. The average molecular weight is 513 g/mol. The van der Waals surface area contributed by atoms with Crippen molar-refractivity contribution in [3.63, 3.8) is 0 Å². The van der Waals surface area contributed by atoms with Gasteiger partial charge in [0.15, 0.2) is 11.6 Å². The third-order valence-corrected chi connectivity index (χ3v) is 11.6. The molecule has 5 aliphatic carbocycles. The predicted molar refractivity (Wildman–Crippen MR) is 137 cm³/mol. The van der Waals surface area contributed by atoms with Crippen LogP contribution in [0.25, 0.3) is 0 Å². The molecule has 8 rings (SSSR count). The van der Waals surface area contributed by atoms with Crippen molar-refractivity contribution >= 4 is 5.78 Å². The van der Waals surface area contributed by atoms with Gasteiger partial charge >= 0.3 is 0 Å². The Balaban J connectivity index is 1.43. The molecule has 1 N–H and O–H groups in total. The van der Waals surface area contributed by atoms with Gasteiger partial charge in [-0.05, 0) is 75.7 Å². The third-order valence-electron chi connectivity index (χ3n) is 11.6. The predicted octanol–water partition coefficient (Wildman–Crippen LogP) is 5.09. The summed E-state index contributed by atoms with van der Waals surface area (Å²) in [6.45, 7) is 16.2. The molecule has 0 aromatic carbocycles. The minimum atomic E-state index is -1.41. The molecule has 3 spiro atoms. The van der Waals surface area contributed by atoms with Crippen molar-refractivity contribution in [1.82, 2.24) is 0 Å². The molecule has 4 bridgehead atoms. The van der Waals surface area contributed by atoms with E-state index in [1.165, 1.54) is 11.1 Å². The molecule has 8 aliphatic rings. The van der Waals surface area contributed by atoms with E-state index >= 15 is 0 Å². The number of carbonyl (C=O) groups excluding carboxylic acids is 1. The van der Waals surface area contributed by atoms with Crippen LogP contribution in [-0.4, -0.2) is 54.0 Å². The quantitative estimate of drug-likeness (QED) is 0.321. The molecule has 0 aromatic rings. The van der Waals surface area contributed by atoms with Crippen LogP contribution in [0.5, 0.6) is 0 Å². The summed E-state index contributed by atoms with van der Waals surface area (Å²) in [4.78, 5) is 14.4. The number of aliphatic hydroxyl groups is 1. The number of fused-ring (bicyclic) bond motifs is 1. The number of hydrogen-bond acceptors (Lipinski definition) is 6. The number of ether oxygens (including phenoxy) is 4. The van der Waals surface area contributed by atoms with E-state index in [9.17, 15) is 9.90 Å². The number of ketones is 1. The maximum Gasteiger partial charge on any atom is 0.213 e. The number of allylic oxidation sites excluding steroid dienone is 1. The largest absolute Gasteiger partial charge is 0.387 e. The molecule has 9 atom stereocenters. The fourth-order valence-electron chi connectivity index (χ4n) is 10.7. The smallest absolute Gasteiger partial charge is 0.213 e. The molecule has 6 fully saturated rings. The van der Waals surface area contributed by atoms with Crippen molar-refractivity contribution in [3.8, 4) is 0 Å². The van der Waals surface area contributed by atoms with Gasteiger partial charge in [-0.25, -0.2) is 0 Å². The standard InChI is InChI=1S/C31H44O6/c1-7-8-13-34-19-10-9-18-15-27(3,4)23-25(33)31-30-22(29(23,16-35-31)21(18)14-19)12-11-20(17(2)24(30)32)26(30)36-28(5,6)37-31/h19-20,22-23,25-26,33H,2,7-16H2,1,3-6H3/t19-,20-,22-,23+,25-,26+,29-,30-,31?/m0/s1. The first kappa shape index (κ1) is 25.0. The number of unbranched alkanes of at least 4 members (excludes halogenated alkanes) is 1. The zero-order valence-electron chi connectivity index (χ0n) is 23.2. The van der Waals surface area contributed by atoms with E-state index in [2.05, 4.69) is 27.4 Å². The van der Waals surface area contributed by atoms with E-state index in [-0.39, 0.29) is 41.2 Å². The van der Waals surface area contributed by atoms with Crippen LogP contribution in [0.1, 0.15) is 86.0 Å². The van der Waals surface area contributed by atoms with E-state index in [4.69, 9.17) is 18.9 Å². The van der Waals surface area contributed by atoms with Crippen molar-refractivity contribution in [2.75, 3.05) is 13.2 Å². The van der Waals surface area contributed by atoms with Crippen molar-refractivity contribution in [2.24, 2.45) is 34.0 Å². The molecule has 3 aliphatic heterocycles. The highest BCUT2D eigenvalue weighted by molar-refractivity contribution is 6.05. The molecule has 3 saturated carbocycles. The summed E-state index contributed by atoms with van der Waals surface area (Å²) in [5.41, 5.74) is 1.94. The summed E-state index contributed by atoms with van der Waals surface area (Å²) in [7, 11) is 0. The number of rotatable bonds is 4. The van der Waals surface area contributed by atoms with Crippen LogP contribution in [0.3, 0.4) is 0 Å². The Bertz CT molecular complexity index is 1090. The average Bonchev–Trinajstić information content (AvgIpc) is 2.94. The van der Waals surface area contributed by atoms with E-state index in [1.807, 2.05) is 13.8 Å². The minimum Gasteiger partial charge on any atom is -0.387 e. The first-order valence-electron chi connectivity index (χ1n) is 14.7. The molecule has 3 heterocycles. The monoisotopic (exact) mass is 512 g/mol.